The Morgan fingerprint density at radius 2 is 1.63 bits per heavy atom. The van der Waals surface area contributed by atoms with Crippen LogP contribution in [0.2, 0.25) is 0 Å². The fraction of sp³-hybridized carbons (Fsp3) is 0.214. The van der Waals surface area contributed by atoms with Crippen molar-refractivity contribution < 1.29 is 22.3 Å². The highest BCUT2D eigenvalue weighted by molar-refractivity contribution is 5.84. The maximum Gasteiger partial charge on any atom is 0.195 e. The molecule has 0 aliphatic heterocycles. The maximum atomic E-state index is 14.6. The monoisotopic (exact) mass is 478 g/mol. The summed E-state index contributed by atoms with van der Waals surface area (Å²) in [6.45, 7) is 2.72. The van der Waals surface area contributed by atoms with Gasteiger partial charge in [-0.15, -0.1) is 0 Å². The van der Waals surface area contributed by atoms with Gasteiger partial charge in [0.05, 0.1) is 24.6 Å². The van der Waals surface area contributed by atoms with Gasteiger partial charge in [-0.3, -0.25) is 0 Å². The van der Waals surface area contributed by atoms with Gasteiger partial charge in [0.1, 0.15) is 11.6 Å². The van der Waals surface area contributed by atoms with Crippen molar-refractivity contribution in [2.75, 3.05) is 6.61 Å². The molecule has 0 aliphatic carbocycles. The van der Waals surface area contributed by atoms with Crippen LogP contribution in [0, 0.1) is 35.1 Å². The van der Waals surface area contributed by atoms with Crippen LogP contribution in [0.3, 0.4) is 0 Å². The number of hydrogen-bond donors (Lipinski definition) is 0. The molecule has 0 saturated carbocycles. The third-order valence-electron chi connectivity index (χ3n) is 5.43. The Bertz CT molecular complexity index is 1410. The first-order valence-electron chi connectivity index (χ1n) is 11.3. The Hall–Kier alpha value is -3.92. The number of fused-ring (bicyclic) bond motifs is 1. The second-order valence-corrected chi connectivity index (χ2v) is 8.02. The zero-order valence-electron chi connectivity index (χ0n) is 19.0. The molecule has 7 heteroatoms. The van der Waals surface area contributed by atoms with Crippen LogP contribution < -0.4 is 4.74 Å². The lowest BCUT2D eigenvalue weighted by atomic mass is 10.0. The van der Waals surface area contributed by atoms with E-state index < -0.39 is 23.3 Å². The van der Waals surface area contributed by atoms with Crippen molar-refractivity contribution in [1.29, 1.82) is 0 Å². The number of ether oxygens (including phenoxy) is 1. The van der Waals surface area contributed by atoms with E-state index in [0.717, 1.165) is 24.5 Å². The summed E-state index contributed by atoms with van der Waals surface area (Å²) in [4.78, 5) is 8.59. The van der Waals surface area contributed by atoms with Crippen molar-refractivity contribution in [1.82, 2.24) is 9.97 Å². The second kappa shape index (κ2) is 11.0. The van der Waals surface area contributed by atoms with E-state index in [2.05, 4.69) is 28.7 Å². The van der Waals surface area contributed by atoms with E-state index in [1.807, 2.05) is 0 Å². The molecule has 0 saturated heterocycles. The molecule has 0 atom stereocenters. The standard InChI is InChI=1S/C28H22F4N2O/c1-2-3-12-35-22-16-33-26(34-17-22)11-7-19-5-9-20(24(29)14-19)8-4-18-6-10-23-21(13-18)15-25(30)28(32)27(23)31/h5-6,9-10,13-17H,2-3,7,11-12H2,1H3. The van der Waals surface area contributed by atoms with Crippen molar-refractivity contribution >= 4 is 10.8 Å². The van der Waals surface area contributed by atoms with E-state index in [0.29, 0.717) is 36.6 Å². The fourth-order valence-corrected chi connectivity index (χ4v) is 3.47. The topological polar surface area (TPSA) is 35.0 Å². The predicted octanol–water partition coefficient (Wildman–Crippen LogP) is 6.55. The fourth-order valence-electron chi connectivity index (χ4n) is 3.47. The number of aryl methyl sites for hydroxylation is 2. The third kappa shape index (κ3) is 5.96. The molecule has 3 nitrogen and oxygen atoms in total. The van der Waals surface area contributed by atoms with Crippen LogP contribution in [0.25, 0.3) is 10.8 Å². The van der Waals surface area contributed by atoms with Gasteiger partial charge < -0.3 is 4.74 Å². The molecule has 0 amide bonds. The first-order chi connectivity index (χ1) is 16.9. The van der Waals surface area contributed by atoms with Gasteiger partial charge in [0.25, 0.3) is 0 Å². The van der Waals surface area contributed by atoms with Crippen molar-refractivity contribution in [2.45, 2.75) is 32.6 Å². The molecule has 0 radical (unpaired) electrons. The van der Waals surface area contributed by atoms with Crippen LogP contribution in [0.1, 0.15) is 42.3 Å². The largest absolute Gasteiger partial charge is 0.490 e. The summed E-state index contributed by atoms with van der Waals surface area (Å²) in [6.07, 6.45) is 6.40. The average molecular weight is 478 g/mol. The summed E-state index contributed by atoms with van der Waals surface area (Å²) in [7, 11) is 0. The van der Waals surface area contributed by atoms with Gasteiger partial charge >= 0.3 is 0 Å². The molecule has 0 aliphatic rings. The number of hydrogen-bond acceptors (Lipinski definition) is 3. The maximum absolute atomic E-state index is 14.6. The molecule has 0 fully saturated rings. The van der Waals surface area contributed by atoms with Gasteiger partial charge in [-0.1, -0.05) is 37.3 Å². The zero-order chi connectivity index (χ0) is 24.8. The van der Waals surface area contributed by atoms with Crippen molar-refractivity contribution in [3.63, 3.8) is 0 Å². The molecule has 0 bridgehead atoms. The SMILES string of the molecule is CCCCOc1cnc(CCc2ccc(C#Cc3ccc4c(F)c(F)c(F)cc4c3)c(F)c2)nc1. The first-order valence-corrected chi connectivity index (χ1v) is 11.3. The number of benzene rings is 3. The number of rotatable bonds is 7. The van der Waals surface area contributed by atoms with Crippen LogP contribution in [0.5, 0.6) is 5.75 Å². The van der Waals surface area contributed by atoms with Crippen LogP contribution in [0.4, 0.5) is 17.6 Å². The van der Waals surface area contributed by atoms with E-state index in [9.17, 15) is 17.6 Å². The van der Waals surface area contributed by atoms with Crippen molar-refractivity contribution in [2.24, 2.45) is 0 Å². The molecule has 0 unspecified atom stereocenters. The molecule has 1 aromatic heterocycles. The van der Waals surface area contributed by atoms with Crippen LogP contribution in [-0.2, 0) is 12.8 Å². The molecule has 4 rings (SSSR count). The quantitative estimate of drug-likeness (QED) is 0.131. The Morgan fingerprint density at radius 1 is 0.829 bits per heavy atom. The van der Waals surface area contributed by atoms with Gasteiger partial charge in [0.2, 0.25) is 0 Å². The van der Waals surface area contributed by atoms with Crippen LogP contribution >= 0.6 is 0 Å². The highest BCUT2D eigenvalue weighted by Crippen LogP contribution is 2.24. The normalized spacial score (nSPS) is 10.8. The summed E-state index contributed by atoms with van der Waals surface area (Å²) < 4.78 is 60.9. The number of nitrogens with zero attached hydrogens (tertiary/aromatic N) is 2. The Morgan fingerprint density at radius 3 is 2.37 bits per heavy atom. The minimum atomic E-state index is -1.52. The van der Waals surface area contributed by atoms with E-state index >= 15 is 0 Å². The predicted molar refractivity (Wildman–Crippen MR) is 126 cm³/mol. The van der Waals surface area contributed by atoms with Gasteiger partial charge in [-0.25, -0.2) is 27.5 Å². The zero-order valence-corrected chi connectivity index (χ0v) is 19.0. The molecule has 1 heterocycles. The number of unbranched alkanes of at least 4 members (excludes halogenated alkanes) is 1. The lowest BCUT2D eigenvalue weighted by molar-refractivity contribution is 0.306. The molecule has 178 valence electrons. The van der Waals surface area contributed by atoms with Crippen molar-refractivity contribution in [3.8, 4) is 17.6 Å². The first kappa shape index (κ1) is 24.2. The minimum absolute atomic E-state index is 0.0485. The Kier molecular flexibility index (Phi) is 7.61. The summed E-state index contributed by atoms with van der Waals surface area (Å²) >= 11 is 0. The molecular weight excluding hydrogens is 456 g/mol. The highest BCUT2D eigenvalue weighted by atomic mass is 19.2. The second-order valence-electron chi connectivity index (χ2n) is 8.02. The number of aromatic nitrogens is 2. The van der Waals surface area contributed by atoms with E-state index in [-0.39, 0.29) is 16.3 Å². The van der Waals surface area contributed by atoms with Gasteiger partial charge in [0.15, 0.2) is 23.2 Å². The summed E-state index contributed by atoms with van der Waals surface area (Å²) in [5.41, 5.74) is 1.39. The molecule has 3 aromatic carbocycles. The van der Waals surface area contributed by atoms with Crippen molar-refractivity contribution in [3.05, 3.63) is 101 Å². The summed E-state index contributed by atoms with van der Waals surface area (Å²) in [5, 5.41) is 0.124. The van der Waals surface area contributed by atoms with E-state index in [1.54, 1.807) is 24.5 Å². The van der Waals surface area contributed by atoms with E-state index in [4.69, 9.17) is 4.74 Å². The van der Waals surface area contributed by atoms with E-state index in [1.165, 1.54) is 24.3 Å². The lowest BCUT2D eigenvalue weighted by Crippen LogP contribution is -2.01. The average Bonchev–Trinajstić information content (AvgIpc) is 2.86. The van der Waals surface area contributed by atoms with Gasteiger partial charge in [-0.2, -0.15) is 0 Å². The Labute approximate surface area is 200 Å². The van der Waals surface area contributed by atoms with Gasteiger partial charge in [-0.05, 0) is 54.1 Å². The molecule has 4 aromatic rings. The van der Waals surface area contributed by atoms with Crippen LogP contribution in [-0.4, -0.2) is 16.6 Å². The lowest BCUT2D eigenvalue weighted by Gasteiger charge is -2.06. The minimum Gasteiger partial charge on any atom is -0.490 e. The van der Waals surface area contributed by atoms with Crippen LogP contribution in [0.15, 0.2) is 54.9 Å². The third-order valence-corrected chi connectivity index (χ3v) is 5.43. The summed E-state index contributed by atoms with van der Waals surface area (Å²) in [5.74, 6) is 2.28. The highest BCUT2D eigenvalue weighted by Gasteiger charge is 2.13. The molecule has 0 N–H and O–H groups in total. The summed E-state index contributed by atoms with van der Waals surface area (Å²) in [6, 6.07) is 9.92. The molecule has 35 heavy (non-hydrogen) atoms. The van der Waals surface area contributed by atoms with Gasteiger partial charge in [0, 0.05) is 17.4 Å². The molecule has 0 spiro atoms. The Balaban J connectivity index is 1.41. The number of halogens is 4. The molecular formula is C28H22F4N2O. The smallest absolute Gasteiger partial charge is 0.195 e.